The van der Waals surface area contributed by atoms with Crippen molar-refractivity contribution in [3.63, 3.8) is 0 Å². The number of carbonyl (C=O) groups is 2. The van der Waals surface area contributed by atoms with Crippen LogP contribution in [-0.2, 0) is 9.84 Å². The van der Waals surface area contributed by atoms with Gasteiger partial charge in [-0.25, -0.2) is 13.2 Å². The molecule has 7 nitrogen and oxygen atoms in total. The molecule has 0 saturated carbocycles. The first-order valence-electron chi connectivity index (χ1n) is 15.7. The molecule has 0 spiro atoms. The monoisotopic (exact) mass is 603 g/mol. The maximum absolute atomic E-state index is 12.5. The highest BCUT2D eigenvalue weighted by atomic mass is 32.2. The van der Waals surface area contributed by atoms with Gasteiger partial charge in [0.15, 0.2) is 0 Å². The van der Waals surface area contributed by atoms with Gasteiger partial charge in [0.05, 0.1) is 48.5 Å². The standard InChI is InChI=1S/C20H44N.C14H10O6S/c1-5-7-8-9-10-11-12-13-14-15-16-17-18-19-20-21(3,4)6-2;15-13(16)9-5-1-3-7-11(9)21(19,20)12-8-4-2-6-10(12)14(17)18/h5-20H2,1-4H3;1-8H,(H,15,16)(H,17,18)/q+1;/p-1. The highest BCUT2D eigenvalue weighted by Gasteiger charge is 2.26. The van der Waals surface area contributed by atoms with Crippen LogP contribution in [0.15, 0.2) is 58.3 Å². The van der Waals surface area contributed by atoms with E-state index in [4.69, 9.17) is 5.11 Å². The molecule has 0 amide bonds. The summed E-state index contributed by atoms with van der Waals surface area (Å²) in [6.45, 7) is 7.21. The first-order chi connectivity index (χ1) is 20.0. The molecular weight excluding hydrogens is 550 g/mol. The molecule has 0 bridgehead atoms. The Hall–Kier alpha value is -2.71. The lowest BCUT2D eigenvalue weighted by molar-refractivity contribution is -0.888. The Morgan fingerprint density at radius 1 is 0.667 bits per heavy atom. The number of hydrogen-bond acceptors (Lipinski definition) is 5. The molecule has 0 aliphatic heterocycles. The number of sulfone groups is 1. The Bertz CT molecular complexity index is 1110. The average Bonchev–Trinajstić information content (AvgIpc) is 2.97. The number of nitrogens with zero attached hydrogens (tertiary/aromatic N) is 1. The topological polar surface area (TPSA) is 112 Å². The molecule has 0 radical (unpaired) electrons. The molecule has 0 aliphatic rings. The molecule has 236 valence electrons. The van der Waals surface area contributed by atoms with E-state index in [-0.39, 0.29) is 0 Å². The van der Waals surface area contributed by atoms with Gasteiger partial charge in [0.2, 0.25) is 9.84 Å². The smallest absolute Gasteiger partial charge is 0.337 e. The van der Waals surface area contributed by atoms with Crippen LogP contribution in [0.2, 0.25) is 0 Å². The normalized spacial score (nSPS) is 11.5. The molecule has 0 unspecified atom stereocenters. The highest BCUT2D eigenvalue weighted by molar-refractivity contribution is 7.91. The molecule has 42 heavy (non-hydrogen) atoms. The molecule has 0 atom stereocenters. The minimum Gasteiger partial charge on any atom is -0.545 e. The molecule has 0 saturated heterocycles. The first-order valence-corrected chi connectivity index (χ1v) is 17.2. The largest absolute Gasteiger partial charge is 0.545 e. The number of rotatable bonds is 20. The molecule has 0 fully saturated rings. The summed E-state index contributed by atoms with van der Waals surface area (Å²) in [6, 6.07) is 9.89. The van der Waals surface area contributed by atoms with E-state index < -0.39 is 42.7 Å². The molecule has 8 heteroatoms. The molecule has 0 heterocycles. The summed E-state index contributed by atoms with van der Waals surface area (Å²) in [6.07, 6.45) is 20.4. The Morgan fingerprint density at radius 2 is 1.05 bits per heavy atom. The summed E-state index contributed by atoms with van der Waals surface area (Å²) in [7, 11) is 0.407. The predicted octanol–water partition coefficient (Wildman–Crippen LogP) is 7.15. The quantitative estimate of drug-likeness (QED) is 0.127. The molecule has 0 aromatic heterocycles. The van der Waals surface area contributed by atoms with E-state index in [1.165, 1.54) is 132 Å². The van der Waals surface area contributed by atoms with Gasteiger partial charge < -0.3 is 19.5 Å². The summed E-state index contributed by atoms with van der Waals surface area (Å²) in [5.74, 6) is -3.07. The first kappa shape index (κ1) is 37.3. The summed E-state index contributed by atoms with van der Waals surface area (Å²) in [4.78, 5) is 21.2. The SMILES string of the molecule is CCCCCCCCCCCCCCCC[N+](C)(C)CC.O=C([O-])c1ccccc1S(=O)(=O)c1ccccc1C(=O)O. The van der Waals surface area contributed by atoms with Gasteiger partial charge in [0, 0.05) is 5.56 Å². The minimum absolute atomic E-state index is 0.425. The number of carboxylic acid groups (broad SMARTS) is 2. The van der Waals surface area contributed by atoms with Crippen molar-refractivity contribution in [2.24, 2.45) is 0 Å². The number of hydrogen-bond donors (Lipinski definition) is 1. The van der Waals surface area contributed by atoms with Crippen LogP contribution >= 0.6 is 0 Å². The summed E-state index contributed by atoms with van der Waals surface area (Å²) in [5, 5.41) is 20.1. The van der Waals surface area contributed by atoms with Crippen molar-refractivity contribution in [2.75, 3.05) is 27.2 Å². The van der Waals surface area contributed by atoms with Crippen molar-refractivity contribution < 1.29 is 32.7 Å². The second-order valence-electron chi connectivity index (χ2n) is 11.7. The molecule has 2 aromatic rings. The Balaban J connectivity index is 0.000000420. The van der Waals surface area contributed by atoms with Crippen molar-refractivity contribution in [1.29, 1.82) is 0 Å². The zero-order valence-corrected chi connectivity index (χ0v) is 27.1. The van der Waals surface area contributed by atoms with Gasteiger partial charge in [-0.15, -0.1) is 0 Å². The van der Waals surface area contributed by atoms with E-state index >= 15 is 0 Å². The fraction of sp³-hybridized carbons (Fsp3) is 0.588. The van der Waals surface area contributed by atoms with Crippen LogP contribution in [0.1, 0.15) is 124 Å². The van der Waals surface area contributed by atoms with Crippen molar-refractivity contribution in [2.45, 2.75) is 114 Å². The summed E-state index contributed by atoms with van der Waals surface area (Å²) >= 11 is 0. The Labute approximate surface area is 254 Å². The lowest BCUT2D eigenvalue weighted by atomic mass is 10.0. The average molecular weight is 604 g/mol. The number of benzene rings is 2. The maximum atomic E-state index is 12.5. The van der Waals surface area contributed by atoms with Gasteiger partial charge in [-0.1, -0.05) is 114 Å². The highest BCUT2D eigenvalue weighted by Crippen LogP contribution is 2.26. The van der Waals surface area contributed by atoms with E-state index in [9.17, 15) is 23.1 Å². The minimum atomic E-state index is -4.29. The van der Waals surface area contributed by atoms with Gasteiger partial charge >= 0.3 is 5.97 Å². The van der Waals surface area contributed by atoms with E-state index in [0.717, 1.165) is 24.3 Å². The second kappa shape index (κ2) is 20.2. The molecule has 1 N–H and O–H groups in total. The Kier molecular flexibility index (Phi) is 18.0. The van der Waals surface area contributed by atoms with Gasteiger partial charge in [-0.3, -0.25) is 0 Å². The second-order valence-corrected chi connectivity index (χ2v) is 13.5. The van der Waals surface area contributed by atoms with E-state index in [2.05, 4.69) is 27.9 Å². The van der Waals surface area contributed by atoms with Crippen LogP contribution in [0.25, 0.3) is 0 Å². The van der Waals surface area contributed by atoms with Crippen LogP contribution in [0.5, 0.6) is 0 Å². The van der Waals surface area contributed by atoms with Crippen molar-refractivity contribution in [3.8, 4) is 0 Å². The number of aromatic carboxylic acids is 2. The van der Waals surface area contributed by atoms with Crippen LogP contribution in [0.4, 0.5) is 0 Å². The lowest BCUT2D eigenvalue weighted by Crippen LogP contribution is -2.39. The van der Waals surface area contributed by atoms with Gasteiger partial charge in [0.25, 0.3) is 0 Å². The fourth-order valence-electron chi connectivity index (χ4n) is 4.76. The lowest BCUT2D eigenvalue weighted by Gasteiger charge is -2.28. The van der Waals surface area contributed by atoms with Crippen LogP contribution in [0.3, 0.4) is 0 Å². The summed E-state index contributed by atoms with van der Waals surface area (Å²) in [5.41, 5.74) is -0.941. The fourth-order valence-corrected chi connectivity index (χ4v) is 6.40. The number of quaternary nitrogens is 1. The Morgan fingerprint density at radius 3 is 1.45 bits per heavy atom. The molecular formula is C34H53NO6S. The van der Waals surface area contributed by atoms with Crippen molar-refractivity contribution in [1.82, 2.24) is 0 Å². The van der Waals surface area contributed by atoms with Gasteiger partial charge in [-0.05, 0) is 38.0 Å². The van der Waals surface area contributed by atoms with Crippen LogP contribution in [-0.4, -0.2) is 57.1 Å². The van der Waals surface area contributed by atoms with E-state index in [1.54, 1.807) is 0 Å². The van der Waals surface area contributed by atoms with Crippen LogP contribution < -0.4 is 5.11 Å². The van der Waals surface area contributed by atoms with Crippen LogP contribution in [0, 0.1) is 0 Å². The van der Waals surface area contributed by atoms with Gasteiger partial charge in [0.1, 0.15) is 0 Å². The van der Waals surface area contributed by atoms with E-state index in [1.807, 2.05) is 0 Å². The van der Waals surface area contributed by atoms with Crippen molar-refractivity contribution in [3.05, 3.63) is 59.7 Å². The third kappa shape index (κ3) is 14.0. The maximum Gasteiger partial charge on any atom is 0.337 e. The number of carboxylic acids is 2. The third-order valence-corrected chi connectivity index (χ3v) is 9.65. The zero-order chi connectivity index (χ0) is 31.4. The van der Waals surface area contributed by atoms with E-state index in [0.29, 0.717) is 0 Å². The third-order valence-electron chi connectivity index (χ3n) is 7.78. The number of carbonyl (C=O) groups excluding carboxylic acids is 1. The summed E-state index contributed by atoms with van der Waals surface area (Å²) < 4.78 is 26.3. The predicted molar refractivity (Wildman–Crippen MR) is 167 cm³/mol. The van der Waals surface area contributed by atoms with Crippen molar-refractivity contribution >= 4 is 21.8 Å². The molecule has 2 rings (SSSR count). The molecule has 0 aliphatic carbocycles. The number of unbranched alkanes of at least 4 members (excludes halogenated alkanes) is 13. The molecule has 2 aromatic carbocycles. The van der Waals surface area contributed by atoms with Gasteiger partial charge in [-0.2, -0.15) is 0 Å². The zero-order valence-electron chi connectivity index (χ0n) is 26.3.